The maximum atomic E-state index is 13.6. The third-order valence-electron chi connectivity index (χ3n) is 2.32. The van der Waals surface area contributed by atoms with Crippen molar-refractivity contribution in [3.8, 4) is 0 Å². The fourth-order valence-corrected chi connectivity index (χ4v) is 1.84. The minimum absolute atomic E-state index is 0.176. The van der Waals surface area contributed by atoms with Gasteiger partial charge in [-0.2, -0.15) is 0 Å². The van der Waals surface area contributed by atoms with E-state index in [1.807, 2.05) is 5.43 Å². The molecule has 0 saturated heterocycles. The van der Waals surface area contributed by atoms with E-state index in [1.165, 1.54) is 0 Å². The molecule has 0 radical (unpaired) electrons. The summed E-state index contributed by atoms with van der Waals surface area (Å²) < 4.78 is 54.0. The standard InChI is InChI=1S/C11H7BrF4N4/c12-4-1-5(13)9(6(14)2-4)18-10-7(15)3-8(16)11(19-10)20-17/h1-3H,17H2,(H2,18,19,20). The smallest absolute Gasteiger partial charge is 0.178 e. The van der Waals surface area contributed by atoms with Crippen LogP contribution in [0.1, 0.15) is 0 Å². The number of nitrogen functional groups attached to an aromatic ring is 1. The van der Waals surface area contributed by atoms with Crippen molar-refractivity contribution in [3.05, 3.63) is 45.9 Å². The lowest BCUT2D eigenvalue weighted by Gasteiger charge is -2.11. The average molecular weight is 351 g/mol. The van der Waals surface area contributed by atoms with Gasteiger partial charge >= 0.3 is 0 Å². The summed E-state index contributed by atoms with van der Waals surface area (Å²) in [5, 5.41) is 2.12. The minimum Gasteiger partial charge on any atom is -0.333 e. The van der Waals surface area contributed by atoms with E-state index in [9.17, 15) is 17.6 Å². The molecule has 0 bridgehead atoms. The Morgan fingerprint density at radius 1 is 0.900 bits per heavy atom. The summed E-state index contributed by atoms with van der Waals surface area (Å²) in [6.07, 6.45) is 0. The Kier molecular flexibility index (Phi) is 4.09. The van der Waals surface area contributed by atoms with Gasteiger partial charge in [-0.1, -0.05) is 15.9 Å². The van der Waals surface area contributed by atoms with Crippen LogP contribution in [0.2, 0.25) is 0 Å². The highest BCUT2D eigenvalue weighted by Gasteiger charge is 2.16. The van der Waals surface area contributed by atoms with Crippen molar-refractivity contribution in [3.63, 3.8) is 0 Å². The maximum absolute atomic E-state index is 13.6. The van der Waals surface area contributed by atoms with E-state index in [-0.39, 0.29) is 4.47 Å². The number of hydrogen-bond donors (Lipinski definition) is 3. The fourth-order valence-electron chi connectivity index (χ4n) is 1.44. The average Bonchev–Trinajstić information content (AvgIpc) is 2.35. The van der Waals surface area contributed by atoms with Crippen molar-refractivity contribution >= 4 is 33.3 Å². The highest BCUT2D eigenvalue weighted by atomic mass is 79.9. The second-order valence-corrected chi connectivity index (χ2v) is 4.58. The molecule has 0 atom stereocenters. The van der Waals surface area contributed by atoms with E-state index in [2.05, 4.69) is 26.2 Å². The molecule has 0 aliphatic rings. The normalized spacial score (nSPS) is 10.5. The number of nitrogens with two attached hydrogens (primary N) is 1. The molecule has 0 spiro atoms. The molecule has 20 heavy (non-hydrogen) atoms. The van der Waals surface area contributed by atoms with Crippen molar-refractivity contribution in [2.75, 3.05) is 10.7 Å². The summed E-state index contributed by atoms with van der Waals surface area (Å²) in [6.45, 7) is 0. The molecule has 1 aromatic carbocycles. The zero-order valence-electron chi connectivity index (χ0n) is 9.65. The number of hydrazine groups is 1. The van der Waals surface area contributed by atoms with E-state index in [1.54, 1.807) is 0 Å². The zero-order valence-corrected chi connectivity index (χ0v) is 11.2. The van der Waals surface area contributed by atoms with Crippen LogP contribution < -0.4 is 16.6 Å². The van der Waals surface area contributed by atoms with Crippen molar-refractivity contribution in [1.82, 2.24) is 4.98 Å². The van der Waals surface area contributed by atoms with Gasteiger partial charge in [-0.3, -0.25) is 0 Å². The Morgan fingerprint density at radius 3 is 2.00 bits per heavy atom. The van der Waals surface area contributed by atoms with Gasteiger partial charge in [-0.25, -0.2) is 28.4 Å². The van der Waals surface area contributed by atoms with E-state index in [0.29, 0.717) is 6.07 Å². The summed E-state index contributed by atoms with van der Waals surface area (Å²) >= 11 is 2.91. The van der Waals surface area contributed by atoms with Gasteiger partial charge in [0.05, 0.1) is 0 Å². The van der Waals surface area contributed by atoms with E-state index < -0.39 is 40.6 Å². The predicted octanol–water partition coefficient (Wildman–Crippen LogP) is 3.43. The molecule has 0 aliphatic carbocycles. The Balaban J connectivity index is 2.45. The maximum Gasteiger partial charge on any atom is 0.178 e. The van der Waals surface area contributed by atoms with E-state index in [4.69, 9.17) is 5.84 Å². The fraction of sp³-hybridized carbons (Fsp3) is 0. The molecular weight excluding hydrogens is 344 g/mol. The molecule has 0 saturated carbocycles. The molecule has 2 rings (SSSR count). The van der Waals surface area contributed by atoms with Crippen LogP contribution in [0.25, 0.3) is 0 Å². The number of nitrogens with one attached hydrogen (secondary N) is 2. The molecule has 106 valence electrons. The predicted molar refractivity (Wildman–Crippen MR) is 69.3 cm³/mol. The van der Waals surface area contributed by atoms with Gasteiger partial charge in [-0.05, 0) is 12.1 Å². The van der Waals surface area contributed by atoms with Gasteiger partial charge in [0.25, 0.3) is 0 Å². The lowest BCUT2D eigenvalue weighted by Crippen LogP contribution is -2.12. The topological polar surface area (TPSA) is 63.0 Å². The lowest BCUT2D eigenvalue weighted by molar-refractivity contribution is 0.575. The van der Waals surface area contributed by atoms with Crippen LogP contribution in [0, 0.1) is 23.3 Å². The van der Waals surface area contributed by atoms with Gasteiger partial charge in [0.1, 0.15) is 5.69 Å². The molecule has 2 aromatic rings. The first-order valence-electron chi connectivity index (χ1n) is 5.16. The Bertz CT molecular complexity index is 642. The highest BCUT2D eigenvalue weighted by molar-refractivity contribution is 9.10. The monoisotopic (exact) mass is 350 g/mol. The molecule has 9 heteroatoms. The summed E-state index contributed by atoms with van der Waals surface area (Å²) in [5.41, 5.74) is 1.28. The molecule has 0 fully saturated rings. The Labute approximate surface area is 119 Å². The number of anilines is 3. The van der Waals surface area contributed by atoms with Gasteiger partial charge < -0.3 is 10.7 Å². The quantitative estimate of drug-likeness (QED) is 0.451. The van der Waals surface area contributed by atoms with Crippen LogP contribution in [0.3, 0.4) is 0 Å². The van der Waals surface area contributed by atoms with Crippen molar-refractivity contribution in [1.29, 1.82) is 0 Å². The van der Waals surface area contributed by atoms with E-state index >= 15 is 0 Å². The van der Waals surface area contributed by atoms with Gasteiger partial charge in [-0.15, -0.1) is 0 Å². The molecule has 1 aromatic heterocycles. The van der Waals surface area contributed by atoms with Crippen molar-refractivity contribution in [2.45, 2.75) is 0 Å². The van der Waals surface area contributed by atoms with Gasteiger partial charge in [0.15, 0.2) is 34.9 Å². The van der Waals surface area contributed by atoms with Gasteiger partial charge in [0, 0.05) is 10.5 Å². The number of halogens is 5. The number of rotatable bonds is 3. The first-order chi connectivity index (χ1) is 9.42. The summed E-state index contributed by atoms with van der Waals surface area (Å²) in [4.78, 5) is 3.45. The largest absolute Gasteiger partial charge is 0.333 e. The van der Waals surface area contributed by atoms with Crippen LogP contribution in [-0.2, 0) is 0 Å². The number of pyridine rings is 1. The SMILES string of the molecule is NNc1nc(Nc2c(F)cc(Br)cc2F)c(F)cc1F. The molecule has 4 N–H and O–H groups in total. The number of hydrogen-bond acceptors (Lipinski definition) is 4. The van der Waals surface area contributed by atoms with Crippen LogP contribution in [-0.4, -0.2) is 4.98 Å². The number of nitrogens with zero attached hydrogens (tertiary/aromatic N) is 1. The minimum atomic E-state index is -1.12. The molecule has 4 nitrogen and oxygen atoms in total. The number of benzene rings is 1. The van der Waals surface area contributed by atoms with E-state index in [0.717, 1.165) is 12.1 Å². The molecule has 0 unspecified atom stereocenters. The third-order valence-corrected chi connectivity index (χ3v) is 2.77. The Morgan fingerprint density at radius 2 is 1.45 bits per heavy atom. The first kappa shape index (κ1) is 14.5. The summed E-state index contributed by atoms with van der Waals surface area (Å²) in [5.74, 6) is -0.143. The lowest BCUT2D eigenvalue weighted by atomic mass is 10.3. The zero-order chi connectivity index (χ0) is 14.9. The second kappa shape index (κ2) is 5.63. The third kappa shape index (κ3) is 2.83. The first-order valence-corrected chi connectivity index (χ1v) is 5.96. The second-order valence-electron chi connectivity index (χ2n) is 3.66. The highest BCUT2D eigenvalue weighted by Crippen LogP contribution is 2.28. The van der Waals surface area contributed by atoms with Crippen LogP contribution in [0.15, 0.2) is 22.7 Å². The molecular formula is C11H7BrF4N4. The molecule has 1 heterocycles. The van der Waals surface area contributed by atoms with Crippen LogP contribution in [0.4, 0.5) is 34.9 Å². The van der Waals surface area contributed by atoms with Crippen LogP contribution >= 0.6 is 15.9 Å². The number of aromatic nitrogens is 1. The van der Waals surface area contributed by atoms with Crippen molar-refractivity contribution in [2.24, 2.45) is 5.84 Å². The summed E-state index contributed by atoms with van der Waals surface area (Å²) in [7, 11) is 0. The van der Waals surface area contributed by atoms with Gasteiger partial charge in [0.2, 0.25) is 0 Å². The molecule has 0 aliphatic heterocycles. The van der Waals surface area contributed by atoms with Crippen LogP contribution in [0.5, 0.6) is 0 Å². The summed E-state index contributed by atoms with van der Waals surface area (Å²) in [6, 6.07) is 2.45. The molecule has 0 amide bonds. The van der Waals surface area contributed by atoms with Crippen molar-refractivity contribution < 1.29 is 17.6 Å². The Hall–Kier alpha value is -1.87.